The van der Waals surface area contributed by atoms with Crippen molar-refractivity contribution in [1.82, 2.24) is 39.5 Å². The number of aromatic nitrogens is 7. The van der Waals surface area contributed by atoms with E-state index in [0.717, 1.165) is 65.9 Å². The Morgan fingerprint density at radius 3 is 2.77 bits per heavy atom. The number of carbonyl (C=O) groups excluding carboxylic acids is 1. The van der Waals surface area contributed by atoms with Gasteiger partial charge in [-0.1, -0.05) is 36.6 Å². The van der Waals surface area contributed by atoms with Crippen LogP contribution in [0.15, 0.2) is 55.1 Å². The number of hydrogen-bond acceptors (Lipinski definition) is 6. The zero-order chi connectivity index (χ0) is 26.9. The van der Waals surface area contributed by atoms with Gasteiger partial charge in [0.2, 0.25) is 0 Å². The number of pyridine rings is 1. The number of hydrogen-bond donors (Lipinski definition) is 1. The lowest BCUT2D eigenvalue weighted by Gasteiger charge is -2.23. The minimum absolute atomic E-state index is 0.0179. The van der Waals surface area contributed by atoms with E-state index in [4.69, 9.17) is 9.72 Å². The lowest BCUT2D eigenvalue weighted by atomic mass is 9.89. The molecular weight excluding hydrogens is 504 g/mol. The first-order chi connectivity index (χ1) is 19.7. The smallest absolute Gasteiger partial charge is 0.252 e. The lowest BCUT2D eigenvalue weighted by molar-refractivity contribution is -0.0366. The standard InChI is InChI=1S/C30H34N8O2/c39-30(31-15-21-7-2-1-3-8-21)22-12-13-28-33-23(18-36(28)17-22)19-37-20-26(34-35-37)24-9-6-10-27-25(24)16-32-38(27)29-11-4-5-14-40-29/h6,9-10,12-13,16-18,20-21,29H,1-5,7-8,11,14-15,19H2,(H,31,39). The highest BCUT2D eigenvalue weighted by atomic mass is 16.5. The number of carbonyl (C=O) groups is 1. The van der Waals surface area contributed by atoms with Gasteiger partial charge in [-0.25, -0.2) is 14.3 Å². The Labute approximate surface area is 232 Å². The van der Waals surface area contributed by atoms with Crippen molar-refractivity contribution in [3.63, 3.8) is 0 Å². The fourth-order valence-electron chi connectivity index (χ4n) is 6.09. The van der Waals surface area contributed by atoms with Crippen molar-refractivity contribution in [1.29, 1.82) is 0 Å². The Hall–Kier alpha value is -4.05. The molecule has 10 nitrogen and oxygen atoms in total. The summed E-state index contributed by atoms with van der Waals surface area (Å²) in [6.07, 6.45) is 17.1. The van der Waals surface area contributed by atoms with E-state index in [-0.39, 0.29) is 12.1 Å². The van der Waals surface area contributed by atoms with Crippen LogP contribution in [-0.2, 0) is 11.3 Å². The number of fused-ring (bicyclic) bond motifs is 2. The first kappa shape index (κ1) is 25.0. The van der Waals surface area contributed by atoms with Crippen LogP contribution in [0.1, 0.15) is 73.6 Å². The van der Waals surface area contributed by atoms with Gasteiger partial charge in [-0.05, 0) is 56.2 Å². The molecular formula is C30H34N8O2. The van der Waals surface area contributed by atoms with Gasteiger partial charge in [0.15, 0.2) is 6.23 Å². The second-order valence-corrected chi connectivity index (χ2v) is 11.1. The van der Waals surface area contributed by atoms with Gasteiger partial charge in [-0.15, -0.1) is 5.10 Å². The average molecular weight is 539 g/mol. The second kappa shape index (κ2) is 10.8. The molecule has 4 aromatic heterocycles. The molecule has 1 aromatic carbocycles. The quantitative estimate of drug-likeness (QED) is 0.313. The molecule has 10 heteroatoms. The Kier molecular flexibility index (Phi) is 6.76. The Bertz CT molecular complexity index is 1640. The summed E-state index contributed by atoms with van der Waals surface area (Å²) in [7, 11) is 0. The van der Waals surface area contributed by atoms with Crippen LogP contribution in [0.5, 0.6) is 0 Å². The Balaban J connectivity index is 1.06. The number of amides is 1. The van der Waals surface area contributed by atoms with E-state index in [1.165, 1.54) is 32.1 Å². The highest BCUT2D eigenvalue weighted by Crippen LogP contribution is 2.31. The number of nitrogens with zero attached hydrogens (tertiary/aromatic N) is 7. The van der Waals surface area contributed by atoms with Crippen molar-refractivity contribution in [3.8, 4) is 11.3 Å². The fourth-order valence-corrected chi connectivity index (χ4v) is 6.09. The van der Waals surface area contributed by atoms with Crippen molar-refractivity contribution in [2.45, 2.75) is 64.1 Å². The number of nitrogens with one attached hydrogen (secondary N) is 1. The minimum Gasteiger partial charge on any atom is -0.356 e. The highest BCUT2D eigenvalue weighted by molar-refractivity contribution is 5.94. The number of imidazole rings is 1. The van der Waals surface area contributed by atoms with Crippen molar-refractivity contribution in [3.05, 3.63) is 66.4 Å². The van der Waals surface area contributed by atoms with Crippen LogP contribution in [0.4, 0.5) is 0 Å². The summed E-state index contributed by atoms with van der Waals surface area (Å²) in [6, 6.07) is 9.89. The molecule has 5 aromatic rings. The van der Waals surface area contributed by atoms with Crippen LogP contribution >= 0.6 is 0 Å². The maximum atomic E-state index is 12.8. The van der Waals surface area contributed by atoms with E-state index in [2.05, 4.69) is 32.9 Å². The first-order valence-electron chi connectivity index (χ1n) is 14.5. The second-order valence-electron chi connectivity index (χ2n) is 11.1. The molecule has 1 amide bonds. The van der Waals surface area contributed by atoms with Crippen LogP contribution in [-0.4, -0.2) is 53.2 Å². The maximum absolute atomic E-state index is 12.8. The predicted octanol–water partition coefficient (Wildman–Crippen LogP) is 5.00. The summed E-state index contributed by atoms with van der Waals surface area (Å²) in [5.41, 5.74) is 5.10. The monoisotopic (exact) mass is 538 g/mol. The molecule has 1 N–H and O–H groups in total. The van der Waals surface area contributed by atoms with E-state index >= 15 is 0 Å². The van der Waals surface area contributed by atoms with Gasteiger partial charge in [0, 0.05) is 36.5 Å². The van der Waals surface area contributed by atoms with Gasteiger partial charge in [-0.2, -0.15) is 5.10 Å². The molecule has 7 rings (SSSR count). The molecule has 5 heterocycles. The number of ether oxygens (including phenoxy) is 1. The van der Waals surface area contributed by atoms with Crippen LogP contribution in [0, 0.1) is 5.92 Å². The van der Waals surface area contributed by atoms with E-state index in [0.29, 0.717) is 18.0 Å². The molecule has 1 atom stereocenters. The summed E-state index contributed by atoms with van der Waals surface area (Å²) in [5, 5.41) is 17.6. The third-order valence-electron chi connectivity index (χ3n) is 8.25. The van der Waals surface area contributed by atoms with Gasteiger partial charge in [0.05, 0.1) is 35.7 Å². The van der Waals surface area contributed by atoms with Gasteiger partial charge < -0.3 is 14.5 Å². The van der Waals surface area contributed by atoms with Gasteiger partial charge in [0.25, 0.3) is 5.91 Å². The van der Waals surface area contributed by atoms with Gasteiger partial charge >= 0.3 is 0 Å². The highest BCUT2D eigenvalue weighted by Gasteiger charge is 2.20. The molecule has 2 fully saturated rings. The number of benzene rings is 1. The summed E-state index contributed by atoms with van der Waals surface area (Å²) in [6.45, 7) is 2.00. The topological polar surface area (TPSA) is 104 Å². The van der Waals surface area contributed by atoms with Gasteiger partial charge in [-0.3, -0.25) is 4.79 Å². The first-order valence-corrected chi connectivity index (χ1v) is 14.5. The predicted molar refractivity (Wildman–Crippen MR) is 151 cm³/mol. The third kappa shape index (κ3) is 4.99. The lowest BCUT2D eigenvalue weighted by Crippen LogP contribution is -2.30. The van der Waals surface area contributed by atoms with Crippen LogP contribution in [0.3, 0.4) is 0 Å². The Morgan fingerprint density at radius 1 is 1.00 bits per heavy atom. The molecule has 1 saturated heterocycles. The normalized spacial score (nSPS) is 18.4. The van der Waals surface area contributed by atoms with E-state index in [1.54, 1.807) is 4.68 Å². The van der Waals surface area contributed by atoms with Crippen molar-refractivity contribution in [2.75, 3.05) is 13.2 Å². The summed E-state index contributed by atoms with van der Waals surface area (Å²) >= 11 is 0. The molecule has 40 heavy (non-hydrogen) atoms. The SMILES string of the molecule is O=C(NCC1CCCCC1)c1ccc2nc(Cn3cc(-c4cccc5c4cnn5C4CCCCO4)nn3)cn2c1. The average Bonchev–Trinajstić information content (AvgIpc) is 3.75. The Morgan fingerprint density at radius 2 is 1.90 bits per heavy atom. The maximum Gasteiger partial charge on any atom is 0.252 e. The fraction of sp³-hybridized carbons (Fsp3) is 0.433. The molecule has 1 unspecified atom stereocenters. The van der Waals surface area contributed by atoms with E-state index in [1.807, 2.05) is 52.1 Å². The summed E-state index contributed by atoms with van der Waals surface area (Å²) in [5.74, 6) is 0.569. The molecule has 1 saturated carbocycles. The van der Waals surface area contributed by atoms with Crippen LogP contribution in [0.25, 0.3) is 27.8 Å². The molecule has 0 bridgehead atoms. The molecule has 2 aliphatic rings. The summed E-state index contributed by atoms with van der Waals surface area (Å²) < 4.78 is 11.7. The zero-order valence-corrected chi connectivity index (χ0v) is 22.6. The molecule has 206 valence electrons. The zero-order valence-electron chi connectivity index (χ0n) is 22.6. The minimum atomic E-state index is -0.0313. The van der Waals surface area contributed by atoms with Crippen LogP contribution in [0.2, 0.25) is 0 Å². The summed E-state index contributed by atoms with van der Waals surface area (Å²) in [4.78, 5) is 17.5. The third-order valence-corrected chi connectivity index (χ3v) is 8.25. The van der Waals surface area contributed by atoms with E-state index < -0.39 is 0 Å². The van der Waals surface area contributed by atoms with Gasteiger partial charge in [0.1, 0.15) is 11.3 Å². The number of rotatable bonds is 7. The molecule has 1 aliphatic heterocycles. The van der Waals surface area contributed by atoms with Crippen molar-refractivity contribution < 1.29 is 9.53 Å². The van der Waals surface area contributed by atoms with Crippen LogP contribution < -0.4 is 5.32 Å². The van der Waals surface area contributed by atoms with E-state index in [9.17, 15) is 4.79 Å². The molecule has 1 aliphatic carbocycles. The largest absolute Gasteiger partial charge is 0.356 e. The molecule has 0 spiro atoms. The van der Waals surface area contributed by atoms with Crippen molar-refractivity contribution in [2.24, 2.45) is 5.92 Å². The van der Waals surface area contributed by atoms with Crippen molar-refractivity contribution >= 4 is 22.5 Å². The molecule has 0 radical (unpaired) electrons.